The van der Waals surface area contributed by atoms with Crippen LogP contribution in [0.5, 0.6) is 0 Å². The lowest BCUT2D eigenvalue weighted by Crippen LogP contribution is -2.14. The maximum Gasteiger partial charge on any atom is 0.338 e. The Labute approximate surface area is 161 Å². The van der Waals surface area contributed by atoms with E-state index in [1.165, 1.54) is 16.9 Å². The van der Waals surface area contributed by atoms with Crippen LogP contribution in [0.25, 0.3) is 10.2 Å². The maximum atomic E-state index is 12.5. The van der Waals surface area contributed by atoms with Crippen LogP contribution in [0.2, 0.25) is 0 Å². The molecule has 0 unspecified atom stereocenters. The van der Waals surface area contributed by atoms with Crippen LogP contribution in [0, 0.1) is 13.8 Å². The Hall–Kier alpha value is -2.73. The highest BCUT2D eigenvalue weighted by molar-refractivity contribution is 7.16. The minimum absolute atomic E-state index is 0.185. The Morgan fingerprint density at radius 1 is 1.15 bits per heavy atom. The van der Waals surface area contributed by atoms with Crippen molar-refractivity contribution in [2.75, 3.05) is 6.61 Å². The van der Waals surface area contributed by atoms with Gasteiger partial charge in [0.1, 0.15) is 0 Å². The Bertz CT molecular complexity index is 1090. The molecule has 140 valence electrons. The van der Waals surface area contributed by atoms with Crippen LogP contribution in [0.4, 0.5) is 0 Å². The van der Waals surface area contributed by atoms with E-state index in [4.69, 9.17) is 4.74 Å². The number of carbonyl (C=O) groups is 2. The predicted octanol–water partition coefficient (Wildman–Crippen LogP) is 3.70. The third kappa shape index (κ3) is 4.17. The van der Waals surface area contributed by atoms with Crippen LogP contribution in [-0.4, -0.2) is 23.1 Å². The minimum Gasteiger partial charge on any atom is -0.462 e. The summed E-state index contributed by atoms with van der Waals surface area (Å²) in [6, 6.07) is 11.4. The molecule has 0 saturated heterocycles. The van der Waals surface area contributed by atoms with Gasteiger partial charge in [-0.1, -0.05) is 35.1 Å². The summed E-state index contributed by atoms with van der Waals surface area (Å²) in [5, 5.41) is 0. The van der Waals surface area contributed by atoms with Gasteiger partial charge in [-0.15, -0.1) is 0 Å². The molecular formula is C21H22N2O3S. The molecule has 3 rings (SSSR count). The van der Waals surface area contributed by atoms with Crippen LogP contribution in [-0.2, 0) is 23.0 Å². The number of rotatable bonds is 4. The molecule has 0 aliphatic heterocycles. The number of hydrogen-bond acceptors (Lipinski definition) is 4. The van der Waals surface area contributed by atoms with Crippen molar-refractivity contribution < 1.29 is 14.3 Å². The largest absolute Gasteiger partial charge is 0.462 e. The number of hydrogen-bond donors (Lipinski definition) is 0. The van der Waals surface area contributed by atoms with E-state index < -0.39 is 0 Å². The van der Waals surface area contributed by atoms with Crippen molar-refractivity contribution in [2.24, 2.45) is 12.0 Å². The molecule has 1 amide bonds. The smallest absolute Gasteiger partial charge is 0.338 e. The first-order chi connectivity index (χ1) is 12.9. The number of aryl methyl sites for hydroxylation is 3. The number of thiazole rings is 1. The molecule has 0 aliphatic carbocycles. The first-order valence-corrected chi connectivity index (χ1v) is 9.61. The van der Waals surface area contributed by atoms with Crippen LogP contribution in [0.15, 0.2) is 41.4 Å². The molecule has 0 aliphatic rings. The molecule has 0 radical (unpaired) electrons. The first-order valence-electron chi connectivity index (χ1n) is 8.79. The second-order valence-corrected chi connectivity index (χ2v) is 7.47. The summed E-state index contributed by atoms with van der Waals surface area (Å²) < 4.78 is 7.81. The van der Waals surface area contributed by atoms with E-state index in [-0.39, 0.29) is 18.3 Å². The number of aromatic nitrogens is 1. The molecule has 0 spiro atoms. The molecule has 0 fully saturated rings. The van der Waals surface area contributed by atoms with Gasteiger partial charge < -0.3 is 9.30 Å². The van der Waals surface area contributed by atoms with E-state index in [1.54, 1.807) is 19.1 Å². The Morgan fingerprint density at radius 3 is 2.63 bits per heavy atom. The van der Waals surface area contributed by atoms with E-state index in [2.05, 4.69) is 11.1 Å². The van der Waals surface area contributed by atoms with Gasteiger partial charge in [-0.2, -0.15) is 4.99 Å². The summed E-state index contributed by atoms with van der Waals surface area (Å²) in [6.45, 7) is 6.15. The second-order valence-electron chi connectivity index (χ2n) is 6.46. The van der Waals surface area contributed by atoms with Crippen molar-refractivity contribution in [3.63, 3.8) is 0 Å². The average Bonchev–Trinajstić information content (AvgIpc) is 2.93. The highest BCUT2D eigenvalue weighted by atomic mass is 32.1. The molecule has 6 heteroatoms. The molecule has 27 heavy (non-hydrogen) atoms. The summed E-state index contributed by atoms with van der Waals surface area (Å²) in [6.07, 6.45) is 0.272. The third-order valence-corrected chi connectivity index (χ3v) is 5.48. The van der Waals surface area contributed by atoms with Crippen molar-refractivity contribution >= 4 is 33.4 Å². The summed E-state index contributed by atoms with van der Waals surface area (Å²) in [7, 11) is 1.87. The van der Waals surface area contributed by atoms with Gasteiger partial charge in [0.2, 0.25) is 0 Å². The van der Waals surface area contributed by atoms with E-state index in [9.17, 15) is 9.59 Å². The van der Waals surface area contributed by atoms with E-state index in [0.29, 0.717) is 17.0 Å². The third-order valence-electron chi connectivity index (χ3n) is 4.38. The molecule has 2 aromatic carbocycles. The normalized spacial score (nSPS) is 11.8. The molecule has 0 atom stereocenters. The van der Waals surface area contributed by atoms with Crippen molar-refractivity contribution in [1.29, 1.82) is 0 Å². The van der Waals surface area contributed by atoms with Crippen molar-refractivity contribution in [2.45, 2.75) is 27.2 Å². The van der Waals surface area contributed by atoms with Crippen molar-refractivity contribution in [1.82, 2.24) is 4.57 Å². The lowest BCUT2D eigenvalue weighted by Gasteiger charge is -2.04. The van der Waals surface area contributed by atoms with Gasteiger partial charge in [-0.05, 0) is 50.1 Å². The van der Waals surface area contributed by atoms with Gasteiger partial charge in [0.15, 0.2) is 4.80 Å². The van der Waals surface area contributed by atoms with Gasteiger partial charge >= 0.3 is 5.97 Å². The van der Waals surface area contributed by atoms with Crippen LogP contribution >= 0.6 is 11.3 Å². The lowest BCUT2D eigenvalue weighted by atomic mass is 10.0. The van der Waals surface area contributed by atoms with Crippen LogP contribution in [0.3, 0.4) is 0 Å². The molecular weight excluding hydrogens is 360 g/mol. The zero-order chi connectivity index (χ0) is 19.6. The van der Waals surface area contributed by atoms with Crippen molar-refractivity contribution in [3.05, 3.63) is 63.5 Å². The van der Waals surface area contributed by atoms with Gasteiger partial charge in [-0.25, -0.2) is 4.79 Å². The monoisotopic (exact) mass is 382 g/mol. The lowest BCUT2D eigenvalue weighted by molar-refractivity contribution is -0.117. The van der Waals surface area contributed by atoms with Gasteiger partial charge in [0.05, 0.1) is 28.8 Å². The fourth-order valence-electron chi connectivity index (χ4n) is 2.94. The molecule has 3 aromatic rings. The SMILES string of the molecule is CCOC(=O)c1ccc2c(c1)sc(=NC(=O)Cc1ccc(C)cc1C)n2C. The number of amides is 1. The van der Waals surface area contributed by atoms with E-state index in [1.807, 2.05) is 43.7 Å². The van der Waals surface area contributed by atoms with Gasteiger partial charge in [0.25, 0.3) is 5.91 Å². The minimum atomic E-state index is -0.347. The maximum absolute atomic E-state index is 12.5. The fourth-order valence-corrected chi connectivity index (χ4v) is 4.01. The number of carbonyl (C=O) groups excluding carboxylic acids is 2. The standard InChI is InChI=1S/C21H22N2O3S/c1-5-26-20(25)16-8-9-17-18(11-16)27-21(23(17)4)22-19(24)12-15-7-6-13(2)10-14(15)3/h6-11H,5,12H2,1-4H3. The molecule has 1 aromatic heterocycles. The number of ether oxygens (including phenoxy) is 1. The summed E-state index contributed by atoms with van der Waals surface area (Å²) in [5.41, 5.74) is 4.68. The predicted molar refractivity (Wildman–Crippen MR) is 107 cm³/mol. The zero-order valence-corrected chi connectivity index (χ0v) is 16.7. The summed E-state index contributed by atoms with van der Waals surface area (Å²) >= 11 is 1.39. The molecule has 5 nitrogen and oxygen atoms in total. The van der Waals surface area contributed by atoms with Crippen LogP contribution < -0.4 is 4.80 Å². The highest BCUT2D eigenvalue weighted by Gasteiger charge is 2.11. The molecule has 0 bridgehead atoms. The summed E-state index contributed by atoms with van der Waals surface area (Å²) in [4.78, 5) is 29.3. The number of nitrogens with zero attached hydrogens (tertiary/aromatic N) is 2. The summed E-state index contributed by atoms with van der Waals surface area (Å²) in [5.74, 6) is -0.533. The average molecular weight is 382 g/mol. The second kappa shape index (κ2) is 7.88. The number of benzene rings is 2. The number of esters is 1. The Morgan fingerprint density at radius 2 is 1.93 bits per heavy atom. The van der Waals surface area contributed by atoms with Gasteiger partial charge in [0, 0.05) is 7.05 Å². The molecule has 0 saturated carbocycles. The van der Waals surface area contributed by atoms with Gasteiger partial charge in [-0.3, -0.25) is 4.79 Å². The van der Waals surface area contributed by atoms with Crippen LogP contribution in [0.1, 0.15) is 34.0 Å². The van der Waals surface area contributed by atoms with E-state index in [0.717, 1.165) is 21.3 Å². The van der Waals surface area contributed by atoms with E-state index >= 15 is 0 Å². The first kappa shape index (κ1) is 19.0. The Balaban J connectivity index is 1.92. The van der Waals surface area contributed by atoms with Crippen molar-refractivity contribution in [3.8, 4) is 0 Å². The zero-order valence-electron chi connectivity index (χ0n) is 15.9. The quantitative estimate of drug-likeness (QED) is 0.647. The molecule has 0 N–H and O–H groups in total. The molecule has 1 heterocycles. The Kier molecular flexibility index (Phi) is 5.56. The topological polar surface area (TPSA) is 60.7 Å². The number of fused-ring (bicyclic) bond motifs is 1. The highest BCUT2D eigenvalue weighted by Crippen LogP contribution is 2.19. The fraction of sp³-hybridized carbons (Fsp3) is 0.286.